The highest BCUT2D eigenvalue weighted by Gasteiger charge is 2.16. The van der Waals surface area contributed by atoms with E-state index in [9.17, 15) is 9.59 Å². The molecule has 2 amide bonds. The fourth-order valence-electron chi connectivity index (χ4n) is 1.62. The van der Waals surface area contributed by atoms with Gasteiger partial charge in [-0.2, -0.15) is 5.10 Å². The van der Waals surface area contributed by atoms with Crippen LogP contribution in [0.1, 0.15) is 13.3 Å². The van der Waals surface area contributed by atoms with Crippen molar-refractivity contribution in [2.75, 3.05) is 32.1 Å². The maximum atomic E-state index is 12.0. The van der Waals surface area contributed by atoms with Crippen LogP contribution in [0.25, 0.3) is 0 Å². The number of hydrogen-bond donors (Lipinski definition) is 2. The van der Waals surface area contributed by atoms with Gasteiger partial charge in [-0.1, -0.05) is 6.92 Å². The summed E-state index contributed by atoms with van der Waals surface area (Å²) in [6.45, 7) is 3.05. The van der Waals surface area contributed by atoms with E-state index < -0.39 is 12.0 Å². The monoisotopic (exact) mass is 284 g/mol. The summed E-state index contributed by atoms with van der Waals surface area (Å²) in [5.74, 6) is -1.04. The molecule has 1 rings (SSSR count). The third-order valence-electron chi connectivity index (χ3n) is 2.52. The highest BCUT2D eigenvalue weighted by molar-refractivity contribution is 5.91. The summed E-state index contributed by atoms with van der Waals surface area (Å²) in [6, 6.07) is -0.444. The molecular formula is C12H20N4O4. The van der Waals surface area contributed by atoms with Gasteiger partial charge in [-0.3, -0.25) is 9.48 Å². The van der Waals surface area contributed by atoms with Gasteiger partial charge < -0.3 is 20.1 Å². The maximum Gasteiger partial charge on any atom is 0.323 e. The molecule has 0 fully saturated rings. The SMILES string of the molecule is CCCN(CC(=O)O)C(=O)Nc1cnn(CCOC)c1. The maximum absolute atomic E-state index is 12.0. The molecule has 0 atom stereocenters. The Morgan fingerprint density at radius 3 is 2.90 bits per heavy atom. The fourth-order valence-corrected chi connectivity index (χ4v) is 1.62. The predicted molar refractivity (Wildman–Crippen MR) is 72.6 cm³/mol. The molecule has 112 valence electrons. The van der Waals surface area contributed by atoms with Crippen molar-refractivity contribution in [1.29, 1.82) is 0 Å². The van der Waals surface area contributed by atoms with Crippen molar-refractivity contribution in [2.24, 2.45) is 0 Å². The van der Waals surface area contributed by atoms with E-state index in [-0.39, 0.29) is 6.54 Å². The number of aromatic nitrogens is 2. The Balaban J connectivity index is 2.58. The number of nitrogens with zero attached hydrogens (tertiary/aromatic N) is 3. The number of urea groups is 1. The largest absolute Gasteiger partial charge is 0.480 e. The van der Waals surface area contributed by atoms with E-state index in [0.717, 1.165) is 0 Å². The van der Waals surface area contributed by atoms with Gasteiger partial charge in [0.2, 0.25) is 0 Å². The van der Waals surface area contributed by atoms with Crippen LogP contribution in [0.4, 0.5) is 10.5 Å². The average Bonchev–Trinajstić information content (AvgIpc) is 2.83. The van der Waals surface area contributed by atoms with Crippen molar-refractivity contribution < 1.29 is 19.4 Å². The minimum Gasteiger partial charge on any atom is -0.480 e. The first-order chi connectivity index (χ1) is 9.56. The van der Waals surface area contributed by atoms with Crippen molar-refractivity contribution in [3.8, 4) is 0 Å². The second-order valence-electron chi connectivity index (χ2n) is 4.23. The molecule has 1 aromatic rings. The molecule has 8 nitrogen and oxygen atoms in total. The number of carbonyl (C=O) groups excluding carboxylic acids is 1. The topological polar surface area (TPSA) is 96.7 Å². The van der Waals surface area contributed by atoms with Crippen LogP contribution in [0.5, 0.6) is 0 Å². The second-order valence-corrected chi connectivity index (χ2v) is 4.23. The molecule has 2 N–H and O–H groups in total. The van der Waals surface area contributed by atoms with Crippen LogP contribution in [0.15, 0.2) is 12.4 Å². The molecule has 0 unspecified atom stereocenters. The minimum absolute atomic E-state index is 0.322. The summed E-state index contributed by atoms with van der Waals surface area (Å²) in [5, 5.41) is 15.5. The van der Waals surface area contributed by atoms with Gasteiger partial charge in [-0.05, 0) is 6.42 Å². The van der Waals surface area contributed by atoms with Crippen LogP contribution in [0, 0.1) is 0 Å². The van der Waals surface area contributed by atoms with E-state index in [2.05, 4.69) is 10.4 Å². The van der Waals surface area contributed by atoms with Crippen molar-refractivity contribution in [3.05, 3.63) is 12.4 Å². The number of rotatable bonds is 8. The number of aliphatic carboxylic acids is 1. The highest BCUT2D eigenvalue weighted by Crippen LogP contribution is 2.07. The first-order valence-corrected chi connectivity index (χ1v) is 6.36. The minimum atomic E-state index is -1.04. The zero-order chi connectivity index (χ0) is 15.0. The third-order valence-corrected chi connectivity index (χ3v) is 2.52. The van der Waals surface area contributed by atoms with E-state index >= 15 is 0 Å². The zero-order valence-electron chi connectivity index (χ0n) is 11.7. The number of amides is 2. The Morgan fingerprint density at radius 2 is 2.30 bits per heavy atom. The molecule has 0 saturated carbocycles. The Morgan fingerprint density at radius 1 is 1.55 bits per heavy atom. The van der Waals surface area contributed by atoms with E-state index in [1.165, 1.54) is 11.1 Å². The number of hydrogen-bond acceptors (Lipinski definition) is 4. The lowest BCUT2D eigenvalue weighted by Crippen LogP contribution is -2.39. The number of carboxylic acids is 1. The van der Waals surface area contributed by atoms with Gasteiger partial charge in [0.25, 0.3) is 0 Å². The number of anilines is 1. The number of carbonyl (C=O) groups is 2. The third kappa shape index (κ3) is 5.27. The van der Waals surface area contributed by atoms with Crippen LogP contribution < -0.4 is 5.32 Å². The molecule has 1 aromatic heterocycles. The number of ether oxygens (including phenoxy) is 1. The summed E-state index contributed by atoms with van der Waals surface area (Å²) >= 11 is 0. The molecule has 0 aliphatic rings. The first kappa shape index (κ1) is 16.0. The normalized spacial score (nSPS) is 10.3. The standard InChI is InChI=1S/C12H20N4O4/c1-3-4-15(9-11(17)18)12(19)14-10-7-13-16(8-10)5-6-20-2/h7-8H,3-6,9H2,1-2H3,(H,14,19)(H,17,18). The molecule has 0 aliphatic heterocycles. The molecule has 0 spiro atoms. The van der Waals surface area contributed by atoms with Crippen LogP contribution >= 0.6 is 0 Å². The molecular weight excluding hydrogens is 264 g/mol. The second kappa shape index (κ2) is 8.16. The van der Waals surface area contributed by atoms with Crippen LogP contribution in [-0.4, -0.2) is 58.6 Å². The molecule has 0 aromatic carbocycles. The van der Waals surface area contributed by atoms with Gasteiger partial charge in [-0.15, -0.1) is 0 Å². The fraction of sp³-hybridized carbons (Fsp3) is 0.583. The Labute approximate surface area is 117 Å². The first-order valence-electron chi connectivity index (χ1n) is 6.36. The van der Waals surface area contributed by atoms with Gasteiger partial charge >= 0.3 is 12.0 Å². The number of nitrogens with one attached hydrogen (secondary N) is 1. The van der Waals surface area contributed by atoms with E-state index in [4.69, 9.17) is 9.84 Å². The zero-order valence-corrected chi connectivity index (χ0v) is 11.7. The number of methoxy groups -OCH3 is 1. The van der Waals surface area contributed by atoms with Crippen molar-refractivity contribution in [3.63, 3.8) is 0 Å². The lowest BCUT2D eigenvalue weighted by Gasteiger charge is -2.19. The summed E-state index contributed by atoms with van der Waals surface area (Å²) in [5.41, 5.74) is 0.526. The van der Waals surface area contributed by atoms with Crippen LogP contribution in [0.3, 0.4) is 0 Å². The summed E-state index contributed by atoms with van der Waals surface area (Å²) < 4.78 is 6.57. The summed E-state index contributed by atoms with van der Waals surface area (Å²) in [4.78, 5) is 23.9. The molecule has 1 heterocycles. The molecule has 8 heteroatoms. The highest BCUT2D eigenvalue weighted by atomic mass is 16.5. The van der Waals surface area contributed by atoms with Crippen LogP contribution in [-0.2, 0) is 16.1 Å². The Bertz CT molecular complexity index is 446. The van der Waals surface area contributed by atoms with Crippen molar-refractivity contribution in [1.82, 2.24) is 14.7 Å². The van der Waals surface area contributed by atoms with E-state index in [1.807, 2.05) is 6.92 Å². The van der Waals surface area contributed by atoms with E-state index in [0.29, 0.717) is 31.8 Å². The molecule has 0 aliphatic carbocycles. The van der Waals surface area contributed by atoms with Gasteiger partial charge in [-0.25, -0.2) is 4.79 Å². The quantitative estimate of drug-likeness (QED) is 0.738. The van der Waals surface area contributed by atoms with Gasteiger partial charge in [0, 0.05) is 19.9 Å². The van der Waals surface area contributed by atoms with Crippen molar-refractivity contribution in [2.45, 2.75) is 19.9 Å². The van der Waals surface area contributed by atoms with Crippen LogP contribution in [0.2, 0.25) is 0 Å². The predicted octanol–water partition coefficient (Wildman–Crippen LogP) is 0.858. The molecule has 0 radical (unpaired) electrons. The summed E-state index contributed by atoms with van der Waals surface area (Å²) in [7, 11) is 1.60. The average molecular weight is 284 g/mol. The lowest BCUT2D eigenvalue weighted by atomic mass is 10.4. The van der Waals surface area contributed by atoms with Gasteiger partial charge in [0.15, 0.2) is 0 Å². The molecule has 0 bridgehead atoms. The van der Waals surface area contributed by atoms with E-state index in [1.54, 1.807) is 18.0 Å². The van der Waals surface area contributed by atoms with Gasteiger partial charge in [0.05, 0.1) is 25.0 Å². The Kier molecular flexibility index (Phi) is 6.51. The Hall–Kier alpha value is -2.09. The van der Waals surface area contributed by atoms with Gasteiger partial charge in [0.1, 0.15) is 6.54 Å². The lowest BCUT2D eigenvalue weighted by molar-refractivity contribution is -0.137. The smallest absolute Gasteiger partial charge is 0.323 e. The van der Waals surface area contributed by atoms with Crippen molar-refractivity contribution >= 4 is 17.7 Å². The number of carboxylic acid groups (broad SMARTS) is 1. The summed E-state index contributed by atoms with van der Waals surface area (Å²) in [6.07, 6.45) is 3.87. The molecule has 0 saturated heterocycles. The molecule has 20 heavy (non-hydrogen) atoms.